The number of carboxylic acids is 1. The molecule has 1 heterocycles. The predicted octanol–water partition coefficient (Wildman–Crippen LogP) is 3.25. The number of hydrogen-bond donors (Lipinski definition) is 2. The van der Waals surface area contributed by atoms with Gasteiger partial charge in [-0.05, 0) is 37.1 Å². The zero-order valence-electron chi connectivity index (χ0n) is 17.8. The third-order valence-corrected chi connectivity index (χ3v) is 6.19. The van der Waals surface area contributed by atoms with E-state index in [2.05, 4.69) is 22.3 Å². The van der Waals surface area contributed by atoms with Gasteiger partial charge in [-0.1, -0.05) is 42.5 Å². The minimum absolute atomic E-state index is 0.132. The number of piperazine rings is 1. The van der Waals surface area contributed by atoms with Crippen LogP contribution in [0.4, 0.5) is 11.4 Å². The summed E-state index contributed by atoms with van der Waals surface area (Å²) in [6.07, 6.45) is 4.35. The Kier molecular flexibility index (Phi) is 6.54. The average Bonchev–Trinajstić information content (AvgIpc) is 2.84. The van der Waals surface area contributed by atoms with Crippen LogP contribution in [-0.4, -0.2) is 54.0 Å². The Labute approximate surface area is 187 Å². The van der Waals surface area contributed by atoms with Crippen molar-refractivity contribution in [1.82, 2.24) is 4.90 Å². The number of aliphatic carboxylic acids is 1. The molecule has 1 saturated heterocycles. The fourth-order valence-corrected chi connectivity index (χ4v) is 4.36. The predicted molar refractivity (Wildman–Crippen MR) is 123 cm³/mol. The van der Waals surface area contributed by atoms with Crippen molar-refractivity contribution in [3.05, 3.63) is 72.3 Å². The number of carbonyl (C=O) groups excluding carboxylic acids is 2. The van der Waals surface area contributed by atoms with Crippen LogP contribution in [0.2, 0.25) is 0 Å². The number of carbonyl (C=O) groups is 3. The van der Waals surface area contributed by atoms with E-state index in [1.54, 1.807) is 35.2 Å². The molecule has 2 aliphatic rings. The van der Waals surface area contributed by atoms with E-state index >= 15 is 0 Å². The van der Waals surface area contributed by atoms with E-state index in [9.17, 15) is 19.5 Å². The van der Waals surface area contributed by atoms with E-state index in [0.717, 1.165) is 18.8 Å². The highest BCUT2D eigenvalue weighted by Crippen LogP contribution is 2.28. The lowest BCUT2D eigenvalue weighted by atomic mass is 9.82. The first kappa shape index (κ1) is 21.6. The topological polar surface area (TPSA) is 89.9 Å². The molecule has 166 valence electrons. The maximum absolute atomic E-state index is 13.2. The molecule has 1 aliphatic heterocycles. The van der Waals surface area contributed by atoms with E-state index in [4.69, 9.17) is 0 Å². The van der Waals surface area contributed by atoms with Crippen molar-refractivity contribution in [1.29, 1.82) is 0 Å². The molecule has 7 nitrogen and oxygen atoms in total. The zero-order valence-corrected chi connectivity index (χ0v) is 17.8. The van der Waals surface area contributed by atoms with Gasteiger partial charge in [0.25, 0.3) is 5.91 Å². The Balaban J connectivity index is 1.44. The zero-order chi connectivity index (χ0) is 22.5. The first-order chi connectivity index (χ1) is 15.5. The Morgan fingerprint density at radius 2 is 1.44 bits per heavy atom. The molecule has 1 fully saturated rings. The molecule has 2 aromatic rings. The summed E-state index contributed by atoms with van der Waals surface area (Å²) in [7, 11) is 0. The van der Waals surface area contributed by atoms with E-state index in [0.29, 0.717) is 37.2 Å². The van der Waals surface area contributed by atoms with E-state index in [1.807, 2.05) is 24.3 Å². The standard InChI is InChI=1S/C25H27N3O4/c29-23(19-10-4-5-11-20(19)25(31)32)26-22-13-7-6-12-21(22)24(30)28-16-14-27(15-17-28)18-8-2-1-3-9-18/h1-9,12-13,19-20H,10-11,14-17H2,(H,26,29)(H,31,32)/t19-,20+/m1/s1. The maximum atomic E-state index is 13.2. The third-order valence-electron chi connectivity index (χ3n) is 6.19. The van der Waals surface area contributed by atoms with Crippen molar-refractivity contribution < 1.29 is 19.5 Å². The average molecular weight is 434 g/mol. The van der Waals surface area contributed by atoms with Gasteiger partial charge in [0, 0.05) is 31.9 Å². The number of carboxylic acid groups (broad SMARTS) is 1. The summed E-state index contributed by atoms with van der Waals surface area (Å²) in [5.74, 6) is -2.89. The summed E-state index contributed by atoms with van der Waals surface area (Å²) in [5, 5.41) is 12.3. The molecule has 0 saturated carbocycles. The Morgan fingerprint density at radius 1 is 0.812 bits per heavy atom. The van der Waals surface area contributed by atoms with Gasteiger partial charge in [-0.3, -0.25) is 14.4 Å². The number of para-hydroxylation sites is 2. The van der Waals surface area contributed by atoms with Crippen LogP contribution in [0, 0.1) is 11.8 Å². The van der Waals surface area contributed by atoms with Gasteiger partial charge in [-0.15, -0.1) is 0 Å². The lowest BCUT2D eigenvalue weighted by Crippen LogP contribution is -2.49. The van der Waals surface area contributed by atoms with Crippen LogP contribution in [-0.2, 0) is 9.59 Å². The van der Waals surface area contributed by atoms with Gasteiger partial charge in [0.2, 0.25) is 5.91 Å². The fourth-order valence-electron chi connectivity index (χ4n) is 4.36. The van der Waals surface area contributed by atoms with Gasteiger partial charge >= 0.3 is 5.97 Å². The largest absolute Gasteiger partial charge is 0.481 e. The molecule has 0 unspecified atom stereocenters. The summed E-state index contributed by atoms with van der Waals surface area (Å²) in [5.41, 5.74) is 1.99. The second-order valence-corrected chi connectivity index (χ2v) is 8.14. The Hall–Kier alpha value is -3.61. The van der Waals surface area contributed by atoms with Gasteiger partial charge in [0.05, 0.1) is 23.1 Å². The molecule has 2 aromatic carbocycles. The normalized spacial score (nSPS) is 20.6. The van der Waals surface area contributed by atoms with Crippen LogP contribution < -0.4 is 10.2 Å². The number of nitrogens with zero attached hydrogens (tertiary/aromatic N) is 2. The first-order valence-corrected chi connectivity index (χ1v) is 10.9. The van der Waals surface area contributed by atoms with Crippen molar-refractivity contribution in [3.8, 4) is 0 Å². The molecule has 0 spiro atoms. The quantitative estimate of drug-likeness (QED) is 0.707. The minimum atomic E-state index is -0.977. The number of benzene rings is 2. The van der Waals surface area contributed by atoms with Crippen molar-refractivity contribution in [2.75, 3.05) is 36.4 Å². The monoisotopic (exact) mass is 433 g/mol. The smallest absolute Gasteiger partial charge is 0.307 e. The molecule has 2 N–H and O–H groups in total. The highest BCUT2D eigenvalue weighted by molar-refractivity contribution is 6.04. The van der Waals surface area contributed by atoms with Crippen LogP contribution in [0.15, 0.2) is 66.7 Å². The highest BCUT2D eigenvalue weighted by Gasteiger charge is 2.34. The lowest BCUT2D eigenvalue weighted by molar-refractivity contribution is -0.146. The number of amides is 2. The molecule has 2 atom stereocenters. The highest BCUT2D eigenvalue weighted by atomic mass is 16.4. The minimum Gasteiger partial charge on any atom is -0.481 e. The van der Waals surface area contributed by atoms with E-state index in [1.165, 1.54) is 0 Å². The van der Waals surface area contributed by atoms with E-state index in [-0.39, 0.29) is 11.8 Å². The first-order valence-electron chi connectivity index (χ1n) is 10.9. The number of allylic oxidation sites excluding steroid dienone is 2. The maximum Gasteiger partial charge on any atom is 0.307 e. The molecule has 0 aromatic heterocycles. The number of nitrogens with one attached hydrogen (secondary N) is 1. The lowest BCUT2D eigenvalue weighted by Gasteiger charge is -2.36. The molecule has 32 heavy (non-hydrogen) atoms. The van der Waals surface area contributed by atoms with Crippen LogP contribution in [0.5, 0.6) is 0 Å². The number of hydrogen-bond acceptors (Lipinski definition) is 4. The molecule has 1 aliphatic carbocycles. The summed E-state index contributed by atoms with van der Waals surface area (Å²) in [6, 6.07) is 17.0. The molecular formula is C25H27N3O4. The van der Waals surface area contributed by atoms with Crippen LogP contribution in [0.25, 0.3) is 0 Å². The van der Waals surface area contributed by atoms with Gasteiger partial charge in [-0.2, -0.15) is 0 Å². The summed E-state index contributed by atoms with van der Waals surface area (Å²) >= 11 is 0. The molecule has 7 heteroatoms. The Morgan fingerprint density at radius 3 is 2.12 bits per heavy atom. The van der Waals surface area contributed by atoms with Gasteiger partial charge in [-0.25, -0.2) is 0 Å². The molecule has 0 bridgehead atoms. The van der Waals surface area contributed by atoms with Crippen LogP contribution in [0.3, 0.4) is 0 Å². The van der Waals surface area contributed by atoms with Crippen molar-refractivity contribution in [2.45, 2.75) is 12.8 Å². The number of rotatable bonds is 5. The Bertz CT molecular complexity index is 1010. The van der Waals surface area contributed by atoms with Gasteiger partial charge in [0.15, 0.2) is 0 Å². The molecule has 0 radical (unpaired) electrons. The van der Waals surface area contributed by atoms with Crippen LogP contribution >= 0.6 is 0 Å². The van der Waals surface area contributed by atoms with Crippen LogP contribution in [0.1, 0.15) is 23.2 Å². The van der Waals surface area contributed by atoms with Gasteiger partial charge in [0.1, 0.15) is 0 Å². The van der Waals surface area contributed by atoms with Crippen molar-refractivity contribution in [3.63, 3.8) is 0 Å². The third kappa shape index (κ3) is 4.66. The summed E-state index contributed by atoms with van der Waals surface area (Å²) in [6.45, 7) is 2.65. The van der Waals surface area contributed by atoms with Crippen molar-refractivity contribution >= 4 is 29.2 Å². The van der Waals surface area contributed by atoms with E-state index < -0.39 is 17.8 Å². The fraction of sp³-hybridized carbons (Fsp3) is 0.320. The molecule has 4 rings (SSSR count). The second-order valence-electron chi connectivity index (χ2n) is 8.14. The van der Waals surface area contributed by atoms with Gasteiger partial charge < -0.3 is 20.2 Å². The summed E-state index contributed by atoms with van der Waals surface area (Å²) < 4.78 is 0. The second kappa shape index (κ2) is 9.68. The SMILES string of the molecule is O=C(O)[C@H]1CC=CC[C@H]1C(=O)Nc1ccccc1C(=O)N1CCN(c2ccccc2)CC1. The van der Waals surface area contributed by atoms with Crippen molar-refractivity contribution in [2.24, 2.45) is 11.8 Å². The summed E-state index contributed by atoms with van der Waals surface area (Å²) in [4.78, 5) is 41.7. The molecule has 2 amide bonds. The number of anilines is 2. The molecular weight excluding hydrogens is 406 g/mol.